The van der Waals surface area contributed by atoms with Crippen LogP contribution < -0.4 is 9.80 Å². The van der Waals surface area contributed by atoms with Gasteiger partial charge in [0, 0.05) is 11.4 Å². The minimum absolute atomic E-state index is 0.137. The molecule has 0 unspecified atom stereocenters. The summed E-state index contributed by atoms with van der Waals surface area (Å²) in [6, 6.07) is 24.1. The highest BCUT2D eigenvalue weighted by Crippen LogP contribution is 2.50. The molecule has 0 radical (unpaired) electrons. The summed E-state index contributed by atoms with van der Waals surface area (Å²) in [5, 5.41) is 1.52. The van der Waals surface area contributed by atoms with Crippen LogP contribution in [0, 0.1) is 5.82 Å². The van der Waals surface area contributed by atoms with Crippen molar-refractivity contribution >= 4 is 46.0 Å². The maximum Gasteiger partial charge on any atom is 0.274 e. The van der Waals surface area contributed by atoms with E-state index in [0.29, 0.717) is 22.3 Å². The fraction of sp³-hybridized carbons (Fsp3) is 0.120. The predicted molar refractivity (Wildman–Crippen MR) is 131 cm³/mol. The van der Waals surface area contributed by atoms with Gasteiger partial charge in [0.15, 0.2) is 5.17 Å². The smallest absolute Gasteiger partial charge is 0.274 e. The number of carbonyl (C=O) groups is 1. The monoisotopic (exact) mass is 461 g/mol. The molecule has 0 aliphatic carbocycles. The molecule has 1 saturated heterocycles. The number of anilines is 2. The average Bonchev–Trinajstić information content (AvgIpc) is 3.36. The van der Waals surface area contributed by atoms with Gasteiger partial charge in [-0.15, -0.1) is 0 Å². The van der Waals surface area contributed by atoms with Crippen LogP contribution in [0.1, 0.15) is 12.5 Å². The normalized spacial score (nSPS) is 19.2. The van der Waals surface area contributed by atoms with Crippen LogP contribution in [0.25, 0.3) is 0 Å². The van der Waals surface area contributed by atoms with Crippen molar-refractivity contribution in [1.29, 1.82) is 0 Å². The number of carbonyl (C=O) groups excluding carboxylic acids is 1. The third kappa shape index (κ3) is 3.82. The van der Waals surface area contributed by atoms with E-state index < -0.39 is 0 Å². The number of benzene rings is 3. The van der Waals surface area contributed by atoms with Gasteiger partial charge in [-0.3, -0.25) is 14.7 Å². The molecule has 1 amide bonds. The Morgan fingerprint density at radius 3 is 2.38 bits per heavy atom. The van der Waals surface area contributed by atoms with Crippen molar-refractivity contribution in [3.05, 3.63) is 100 Å². The number of thioether (sulfide) groups is 2. The average molecular weight is 462 g/mol. The molecule has 1 fully saturated rings. The summed E-state index contributed by atoms with van der Waals surface area (Å²) < 4.78 is 13.6. The number of halogens is 1. The Morgan fingerprint density at radius 1 is 0.906 bits per heavy atom. The van der Waals surface area contributed by atoms with E-state index in [9.17, 15) is 9.18 Å². The lowest BCUT2D eigenvalue weighted by Crippen LogP contribution is -2.29. The lowest BCUT2D eigenvalue weighted by atomic mass is 10.2. The summed E-state index contributed by atoms with van der Waals surface area (Å²) in [7, 11) is 0. The van der Waals surface area contributed by atoms with Crippen molar-refractivity contribution in [2.45, 2.75) is 18.4 Å². The Kier molecular flexibility index (Phi) is 5.76. The maximum atomic E-state index is 13.6. The number of fused-ring (bicyclic) bond motifs is 1. The van der Waals surface area contributed by atoms with Gasteiger partial charge in [-0.2, -0.15) is 0 Å². The fourth-order valence-electron chi connectivity index (χ4n) is 3.69. The Morgan fingerprint density at radius 2 is 1.62 bits per heavy atom. The van der Waals surface area contributed by atoms with Crippen molar-refractivity contribution < 1.29 is 9.18 Å². The first-order chi connectivity index (χ1) is 15.7. The third-order valence-electron chi connectivity index (χ3n) is 5.22. The van der Waals surface area contributed by atoms with Gasteiger partial charge in [0.2, 0.25) is 0 Å². The molecule has 0 saturated carbocycles. The van der Waals surface area contributed by atoms with E-state index in [1.807, 2.05) is 42.5 Å². The number of rotatable bonds is 4. The minimum Gasteiger partial charge on any atom is -0.334 e. The largest absolute Gasteiger partial charge is 0.334 e. The van der Waals surface area contributed by atoms with E-state index in [1.54, 1.807) is 28.8 Å². The van der Waals surface area contributed by atoms with Crippen LogP contribution in [0.15, 0.2) is 98.7 Å². The van der Waals surface area contributed by atoms with Crippen LogP contribution in [0.2, 0.25) is 0 Å². The van der Waals surface area contributed by atoms with E-state index in [0.717, 1.165) is 27.7 Å². The molecule has 32 heavy (non-hydrogen) atoms. The molecule has 0 spiro atoms. The van der Waals surface area contributed by atoms with E-state index in [2.05, 4.69) is 24.0 Å². The molecule has 2 aliphatic rings. The van der Waals surface area contributed by atoms with E-state index in [1.165, 1.54) is 23.9 Å². The highest BCUT2D eigenvalue weighted by molar-refractivity contribution is 8.20. The summed E-state index contributed by atoms with van der Waals surface area (Å²) in [5.41, 5.74) is 2.78. The van der Waals surface area contributed by atoms with Gasteiger partial charge in [-0.1, -0.05) is 54.2 Å². The molecule has 4 nitrogen and oxygen atoms in total. The topological polar surface area (TPSA) is 35.9 Å². The Balaban J connectivity index is 1.56. The van der Waals surface area contributed by atoms with Gasteiger partial charge in [0.25, 0.3) is 5.91 Å². The van der Waals surface area contributed by atoms with E-state index in [4.69, 9.17) is 4.99 Å². The first-order valence-electron chi connectivity index (χ1n) is 10.3. The lowest BCUT2D eigenvalue weighted by molar-refractivity contribution is -0.113. The number of amides is 1. The number of para-hydroxylation sites is 1. The van der Waals surface area contributed by atoms with Gasteiger partial charge in [0.05, 0.1) is 17.9 Å². The molecular weight excluding hydrogens is 441 g/mol. The summed E-state index contributed by atoms with van der Waals surface area (Å²) in [6.07, 6.45) is 0. The van der Waals surface area contributed by atoms with Crippen LogP contribution in [-0.2, 0) is 11.3 Å². The molecule has 3 aromatic rings. The maximum absolute atomic E-state index is 13.6. The van der Waals surface area contributed by atoms with Crippen molar-refractivity contribution in [3.8, 4) is 0 Å². The van der Waals surface area contributed by atoms with E-state index >= 15 is 0 Å². The molecule has 0 atom stereocenters. The zero-order chi connectivity index (χ0) is 22.1. The Hall–Kier alpha value is -3.03. The predicted octanol–water partition coefficient (Wildman–Crippen LogP) is 6.26. The molecule has 2 heterocycles. The molecule has 3 aromatic carbocycles. The second-order valence-corrected chi connectivity index (χ2v) is 9.26. The molecule has 160 valence electrons. The number of hydrogen-bond acceptors (Lipinski definition) is 5. The van der Waals surface area contributed by atoms with Gasteiger partial charge < -0.3 is 4.90 Å². The second-order valence-electron chi connectivity index (χ2n) is 7.25. The van der Waals surface area contributed by atoms with Crippen molar-refractivity contribution in [2.75, 3.05) is 16.3 Å². The fourth-order valence-corrected chi connectivity index (χ4v) is 6.06. The van der Waals surface area contributed by atoms with Crippen LogP contribution in [0.5, 0.6) is 0 Å². The minimum atomic E-state index is -0.339. The second kappa shape index (κ2) is 8.84. The molecule has 5 rings (SSSR count). The van der Waals surface area contributed by atoms with Crippen LogP contribution >= 0.6 is 23.5 Å². The summed E-state index contributed by atoms with van der Waals surface area (Å²) in [5.74, 6) is -0.476. The molecule has 0 N–H and O–H groups in total. The first kappa shape index (κ1) is 20.8. The first-order valence-corrected chi connectivity index (χ1v) is 11.9. The summed E-state index contributed by atoms with van der Waals surface area (Å²) in [6.45, 7) is 3.29. The Labute approximate surface area is 194 Å². The van der Waals surface area contributed by atoms with Gasteiger partial charge in [-0.05, 0) is 60.6 Å². The SMILES string of the molecule is CCN1/C(=C2/SC(=NCc3ccccc3)N(c3ccc(F)cc3)C2=O)Sc2ccccc21. The summed E-state index contributed by atoms with van der Waals surface area (Å²) in [4.78, 5) is 24.0. The molecular formula is C25H20FN3OS2. The van der Waals surface area contributed by atoms with E-state index in [-0.39, 0.29) is 11.7 Å². The molecule has 0 bridgehead atoms. The zero-order valence-electron chi connectivity index (χ0n) is 17.4. The molecule has 0 aromatic heterocycles. The molecule has 7 heteroatoms. The highest BCUT2D eigenvalue weighted by atomic mass is 32.2. The van der Waals surface area contributed by atoms with Crippen LogP contribution in [0.3, 0.4) is 0 Å². The molecule has 2 aliphatic heterocycles. The number of nitrogens with zero attached hydrogens (tertiary/aromatic N) is 3. The highest BCUT2D eigenvalue weighted by Gasteiger charge is 2.40. The Bertz CT molecular complexity index is 1230. The quantitative estimate of drug-likeness (QED) is 0.430. The van der Waals surface area contributed by atoms with Gasteiger partial charge in [-0.25, -0.2) is 4.39 Å². The standard InChI is InChI=1S/C25H20FN3OS2/c1-2-28-20-10-6-7-11-21(20)31-24(28)22-23(30)29(19-14-12-18(26)13-15-19)25(32-22)27-16-17-8-4-3-5-9-17/h3-15H,2,16H2,1H3/b24-22-,27-25?. The van der Waals surface area contributed by atoms with Crippen LogP contribution in [0.4, 0.5) is 15.8 Å². The zero-order valence-corrected chi connectivity index (χ0v) is 19.0. The van der Waals surface area contributed by atoms with Gasteiger partial charge in [0.1, 0.15) is 15.8 Å². The van der Waals surface area contributed by atoms with Crippen LogP contribution in [-0.4, -0.2) is 17.6 Å². The van der Waals surface area contributed by atoms with Gasteiger partial charge >= 0.3 is 0 Å². The third-order valence-corrected chi connectivity index (χ3v) is 7.60. The van der Waals surface area contributed by atoms with Crippen molar-refractivity contribution in [3.63, 3.8) is 0 Å². The summed E-state index contributed by atoms with van der Waals surface area (Å²) >= 11 is 2.99. The lowest BCUT2D eigenvalue weighted by Gasteiger charge is -2.19. The number of aliphatic imine (C=N–C) groups is 1. The van der Waals surface area contributed by atoms with Crippen molar-refractivity contribution in [1.82, 2.24) is 0 Å². The number of amidine groups is 1. The van der Waals surface area contributed by atoms with Crippen molar-refractivity contribution in [2.24, 2.45) is 4.99 Å². The number of hydrogen-bond donors (Lipinski definition) is 0.